The number of rotatable bonds is 1. The number of benzene rings is 1. The Kier molecular flexibility index (Phi) is 2.33. The molecule has 3 heterocycles. The van der Waals surface area contributed by atoms with Crippen molar-refractivity contribution in [2.24, 2.45) is 0 Å². The number of pyridine rings is 2. The van der Waals surface area contributed by atoms with Crippen LogP contribution in [0.3, 0.4) is 0 Å². The predicted octanol–water partition coefficient (Wildman–Crippen LogP) is 4.35. The molecule has 0 unspecified atom stereocenters. The van der Waals surface area contributed by atoms with Gasteiger partial charge in [-0.25, -0.2) is 0 Å². The van der Waals surface area contributed by atoms with E-state index in [0.29, 0.717) is 0 Å². The summed E-state index contributed by atoms with van der Waals surface area (Å²) in [5.41, 5.74) is 5.58. The van der Waals surface area contributed by atoms with Crippen LogP contribution < -0.4 is 0 Å². The predicted molar refractivity (Wildman–Crippen MR) is 79.5 cm³/mol. The van der Waals surface area contributed by atoms with Gasteiger partial charge in [-0.1, -0.05) is 12.1 Å². The van der Waals surface area contributed by atoms with E-state index in [1.165, 1.54) is 0 Å². The van der Waals surface area contributed by atoms with Crippen LogP contribution in [0.2, 0.25) is 0 Å². The lowest BCUT2D eigenvalue weighted by Crippen LogP contribution is -1.82. The monoisotopic (exact) mass is 260 g/mol. The van der Waals surface area contributed by atoms with Crippen LogP contribution in [0.5, 0.6) is 0 Å². The first-order chi connectivity index (χ1) is 9.83. The van der Waals surface area contributed by atoms with Crippen LogP contribution >= 0.6 is 0 Å². The van der Waals surface area contributed by atoms with E-state index in [0.717, 1.165) is 38.9 Å². The molecular weight excluding hydrogens is 248 g/mol. The zero-order chi connectivity index (χ0) is 13.5. The normalized spacial score (nSPS) is 11.2. The highest BCUT2D eigenvalue weighted by Crippen LogP contribution is 2.34. The van der Waals surface area contributed by atoms with Crippen molar-refractivity contribution in [1.29, 1.82) is 0 Å². The second-order valence-corrected chi connectivity index (χ2v) is 4.86. The summed E-state index contributed by atoms with van der Waals surface area (Å²) in [4.78, 5) is 8.90. The molecule has 3 heteroatoms. The van der Waals surface area contributed by atoms with Crippen LogP contribution in [0.15, 0.2) is 59.3 Å². The van der Waals surface area contributed by atoms with E-state index in [2.05, 4.69) is 9.97 Å². The van der Waals surface area contributed by atoms with Crippen molar-refractivity contribution in [2.45, 2.75) is 6.92 Å². The molecule has 0 aliphatic heterocycles. The first kappa shape index (κ1) is 11.2. The summed E-state index contributed by atoms with van der Waals surface area (Å²) >= 11 is 0. The molecule has 4 aromatic rings. The number of aryl methyl sites for hydroxylation is 1. The van der Waals surface area contributed by atoms with Gasteiger partial charge in [0.15, 0.2) is 5.58 Å². The molecule has 0 atom stereocenters. The topological polar surface area (TPSA) is 38.9 Å². The summed E-state index contributed by atoms with van der Waals surface area (Å²) in [6.45, 7) is 2.01. The van der Waals surface area contributed by atoms with Crippen LogP contribution in [0, 0.1) is 6.92 Å². The number of hydrogen-bond acceptors (Lipinski definition) is 3. The average molecular weight is 260 g/mol. The fourth-order valence-electron chi connectivity index (χ4n) is 2.49. The maximum atomic E-state index is 6.02. The smallest absolute Gasteiger partial charge is 0.154 e. The summed E-state index contributed by atoms with van der Waals surface area (Å²) in [5, 5.41) is 1.03. The number of para-hydroxylation sites is 1. The lowest BCUT2D eigenvalue weighted by molar-refractivity contribution is 0.668. The van der Waals surface area contributed by atoms with E-state index in [1.807, 2.05) is 55.6 Å². The molecule has 3 nitrogen and oxygen atoms in total. The SMILES string of the molecule is Cc1cnc2c(c1)oc1c(-c3ccccn3)cccc12. The van der Waals surface area contributed by atoms with Crippen molar-refractivity contribution in [3.8, 4) is 11.3 Å². The quantitative estimate of drug-likeness (QED) is 0.510. The van der Waals surface area contributed by atoms with Gasteiger partial charge < -0.3 is 4.42 Å². The van der Waals surface area contributed by atoms with Crippen LogP contribution in [0.25, 0.3) is 33.3 Å². The Hall–Kier alpha value is -2.68. The molecule has 3 aromatic heterocycles. The minimum Gasteiger partial charge on any atom is -0.454 e. The van der Waals surface area contributed by atoms with Crippen molar-refractivity contribution in [1.82, 2.24) is 9.97 Å². The molecule has 4 rings (SSSR count). The Labute approximate surface area is 115 Å². The second kappa shape index (κ2) is 4.17. The van der Waals surface area contributed by atoms with Gasteiger partial charge in [-0.05, 0) is 42.8 Å². The Morgan fingerprint density at radius 3 is 2.80 bits per heavy atom. The highest BCUT2D eigenvalue weighted by atomic mass is 16.3. The van der Waals surface area contributed by atoms with Gasteiger partial charge in [-0.15, -0.1) is 0 Å². The summed E-state index contributed by atoms with van der Waals surface area (Å²) < 4.78 is 6.02. The number of aromatic nitrogens is 2. The Balaban J connectivity index is 2.11. The highest BCUT2D eigenvalue weighted by molar-refractivity contribution is 6.07. The second-order valence-electron chi connectivity index (χ2n) is 4.86. The third-order valence-corrected chi connectivity index (χ3v) is 3.41. The Morgan fingerprint density at radius 2 is 1.95 bits per heavy atom. The number of fused-ring (bicyclic) bond motifs is 3. The van der Waals surface area contributed by atoms with Gasteiger partial charge in [0.05, 0.1) is 5.69 Å². The zero-order valence-electron chi connectivity index (χ0n) is 11.0. The third kappa shape index (κ3) is 1.60. The minimum atomic E-state index is 0.823. The van der Waals surface area contributed by atoms with Crippen molar-refractivity contribution in [2.75, 3.05) is 0 Å². The standard InChI is InChI=1S/C17H12N2O/c1-11-9-15-16(19-10-11)13-6-4-5-12(17(13)20-15)14-7-2-3-8-18-14/h2-10H,1H3. The van der Waals surface area contributed by atoms with Gasteiger partial charge in [0, 0.05) is 23.3 Å². The van der Waals surface area contributed by atoms with Gasteiger partial charge in [0.1, 0.15) is 11.1 Å². The van der Waals surface area contributed by atoms with E-state index in [4.69, 9.17) is 4.42 Å². The highest BCUT2D eigenvalue weighted by Gasteiger charge is 2.13. The maximum absolute atomic E-state index is 6.02. The fourth-order valence-corrected chi connectivity index (χ4v) is 2.49. The van der Waals surface area contributed by atoms with Gasteiger partial charge in [0.25, 0.3) is 0 Å². The number of furan rings is 1. The molecule has 0 N–H and O–H groups in total. The molecule has 0 aliphatic rings. The van der Waals surface area contributed by atoms with Gasteiger partial charge in [-0.2, -0.15) is 0 Å². The summed E-state index contributed by atoms with van der Waals surface area (Å²) in [7, 11) is 0. The molecule has 1 aromatic carbocycles. The van der Waals surface area contributed by atoms with Gasteiger partial charge in [-0.3, -0.25) is 9.97 Å². The van der Waals surface area contributed by atoms with Gasteiger partial charge in [0.2, 0.25) is 0 Å². The Bertz CT molecular complexity index is 910. The molecule has 0 fully saturated rings. The molecule has 0 saturated carbocycles. The van der Waals surface area contributed by atoms with Crippen molar-refractivity contribution in [3.05, 3.63) is 60.4 Å². The summed E-state index contributed by atoms with van der Waals surface area (Å²) in [6, 6.07) is 14.0. The van der Waals surface area contributed by atoms with Crippen molar-refractivity contribution >= 4 is 22.1 Å². The number of nitrogens with zero attached hydrogens (tertiary/aromatic N) is 2. The van der Waals surface area contributed by atoms with Gasteiger partial charge >= 0.3 is 0 Å². The average Bonchev–Trinajstić information content (AvgIpc) is 2.85. The molecule has 0 amide bonds. The maximum Gasteiger partial charge on any atom is 0.154 e. The molecule has 0 saturated heterocycles. The fraction of sp³-hybridized carbons (Fsp3) is 0.0588. The Morgan fingerprint density at radius 1 is 1.00 bits per heavy atom. The van der Waals surface area contributed by atoms with E-state index in [9.17, 15) is 0 Å². The third-order valence-electron chi connectivity index (χ3n) is 3.41. The lowest BCUT2D eigenvalue weighted by atomic mass is 10.1. The minimum absolute atomic E-state index is 0.823. The van der Waals surface area contributed by atoms with Crippen molar-refractivity contribution in [3.63, 3.8) is 0 Å². The van der Waals surface area contributed by atoms with Crippen LogP contribution in [-0.4, -0.2) is 9.97 Å². The van der Waals surface area contributed by atoms with E-state index in [-0.39, 0.29) is 0 Å². The molecule has 0 spiro atoms. The van der Waals surface area contributed by atoms with E-state index in [1.54, 1.807) is 6.20 Å². The molecule has 96 valence electrons. The van der Waals surface area contributed by atoms with Crippen molar-refractivity contribution < 1.29 is 4.42 Å². The van der Waals surface area contributed by atoms with Crippen LogP contribution in [0.4, 0.5) is 0 Å². The number of hydrogen-bond donors (Lipinski definition) is 0. The zero-order valence-corrected chi connectivity index (χ0v) is 11.0. The first-order valence-corrected chi connectivity index (χ1v) is 6.52. The first-order valence-electron chi connectivity index (χ1n) is 6.52. The summed E-state index contributed by atoms with van der Waals surface area (Å²) in [5.74, 6) is 0. The molecule has 20 heavy (non-hydrogen) atoms. The molecule has 0 bridgehead atoms. The largest absolute Gasteiger partial charge is 0.454 e. The molecule has 0 radical (unpaired) electrons. The van der Waals surface area contributed by atoms with E-state index >= 15 is 0 Å². The molecular formula is C17H12N2O. The van der Waals surface area contributed by atoms with E-state index < -0.39 is 0 Å². The van der Waals surface area contributed by atoms with Crippen LogP contribution in [0.1, 0.15) is 5.56 Å². The lowest BCUT2D eigenvalue weighted by Gasteiger charge is -2.00. The van der Waals surface area contributed by atoms with Crippen LogP contribution in [-0.2, 0) is 0 Å². The molecule has 0 aliphatic carbocycles. The summed E-state index contributed by atoms with van der Waals surface area (Å²) in [6.07, 6.45) is 3.66.